The van der Waals surface area contributed by atoms with E-state index in [4.69, 9.17) is 14.2 Å². The highest BCUT2D eigenvalue weighted by Gasteiger charge is 2.18. The molecule has 0 fully saturated rings. The minimum absolute atomic E-state index is 0.259. The topological polar surface area (TPSA) is 110 Å². The SMILES string of the molecule is CCN=C(NC(=O)OC(C)(C)C)Nc1ccc(CCNC(=O)OC(C)(C)C)cc1OC. The van der Waals surface area contributed by atoms with Gasteiger partial charge in [-0.1, -0.05) is 6.07 Å². The quantitative estimate of drug-likeness (QED) is 0.458. The maximum Gasteiger partial charge on any atom is 0.414 e. The van der Waals surface area contributed by atoms with Crippen LogP contribution < -0.4 is 20.7 Å². The number of alkyl carbamates (subject to hydrolysis) is 2. The van der Waals surface area contributed by atoms with Gasteiger partial charge in [0, 0.05) is 13.1 Å². The van der Waals surface area contributed by atoms with Gasteiger partial charge in [-0.3, -0.25) is 10.3 Å². The van der Waals surface area contributed by atoms with E-state index in [0.717, 1.165) is 5.56 Å². The predicted molar refractivity (Wildman–Crippen MR) is 122 cm³/mol. The number of anilines is 1. The van der Waals surface area contributed by atoms with Crippen LogP contribution in [0.2, 0.25) is 0 Å². The summed E-state index contributed by atoms with van der Waals surface area (Å²) in [5.74, 6) is 0.832. The van der Waals surface area contributed by atoms with Crippen molar-refractivity contribution in [1.82, 2.24) is 10.6 Å². The number of hydrogen-bond donors (Lipinski definition) is 3. The lowest BCUT2D eigenvalue weighted by Crippen LogP contribution is -2.40. The second-order valence-electron chi connectivity index (χ2n) is 8.79. The second-order valence-corrected chi connectivity index (χ2v) is 8.79. The molecule has 0 aromatic heterocycles. The first-order valence-corrected chi connectivity index (χ1v) is 10.3. The molecule has 1 rings (SSSR count). The molecular formula is C22H36N4O5. The highest BCUT2D eigenvalue weighted by atomic mass is 16.6. The van der Waals surface area contributed by atoms with Crippen LogP contribution in [0.3, 0.4) is 0 Å². The summed E-state index contributed by atoms with van der Waals surface area (Å²) in [4.78, 5) is 28.1. The minimum atomic E-state index is -0.617. The molecule has 0 aliphatic heterocycles. The van der Waals surface area contributed by atoms with Crippen LogP contribution >= 0.6 is 0 Å². The van der Waals surface area contributed by atoms with Crippen molar-refractivity contribution in [2.75, 3.05) is 25.5 Å². The Morgan fingerprint density at radius 2 is 1.61 bits per heavy atom. The van der Waals surface area contributed by atoms with Crippen molar-refractivity contribution >= 4 is 23.8 Å². The van der Waals surface area contributed by atoms with Crippen molar-refractivity contribution in [3.8, 4) is 5.75 Å². The zero-order valence-electron chi connectivity index (χ0n) is 19.8. The summed E-state index contributed by atoms with van der Waals surface area (Å²) in [6, 6.07) is 5.58. The molecule has 0 heterocycles. The fraction of sp³-hybridized carbons (Fsp3) is 0.591. The van der Waals surface area contributed by atoms with Crippen LogP contribution in [-0.4, -0.2) is 49.5 Å². The second kappa shape index (κ2) is 11.4. The average Bonchev–Trinajstić information content (AvgIpc) is 2.59. The Labute approximate surface area is 184 Å². The van der Waals surface area contributed by atoms with Gasteiger partial charge in [0.05, 0.1) is 12.8 Å². The van der Waals surface area contributed by atoms with Crippen LogP contribution in [0.4, 0.5) is 15.3 Å². The normalized spacial score (nSPS) is 12.1. The number of hydrogen-bond acceptors (Lipinski definition) is 6. The van der Waals surface area contributed by atoms with Gasteiger partial charge in [-0.25, -0.2) is 9.59 Å². The molecule has 0 bridgehead atoms. The molecule has 0 saturated heterocycles. The molecule has 1 aromatic rings. The molecule has 9 nitrogen and oxygen atoms in total. The van der Waals surface area contributed by atoms with Crippen LogP contribution in [0.5, 0.6) is 5.75 Å². The van der Waals surface area contributed by atoms with Gasteiger partial charge < -0.3 is 24.8 Å². The first-order valence-electron chi connectivity index (χ1n) is 10.3. The number of methoxy groups -OCH3 is 1. The minimum Gasteiger partial charge on any atom is -0.495 e. The van der Waals surface area contributed by atoms with Gasteiger partial charge in [-0.2, -0.15) is 0 Å². The number of benzene rings is 1. The Morgan fingerprint density at radius 1 is 1.00 bits per heavy atom. The molecule has 0 aliphatic carbocycles. The fourth-order valence-electron chi connectivity index (χ4n) is 2.41. The zero-order chi connectivity index (χ0) is 23.7. The van der Waals surface area contributed by atoms with E-state index in [2.05, 4.69) is 20.9 Å². The van der Waals surface area contributed by atoms with E-state index in [9.17, 15) is 9.59 Å². The monoisotopic (exact) mass is 436 g/mol. The number of rotatable bonds is 6. The lowest BCUT2D eigenvalue weighted by atomic mass is 10.1. The summed E-state index contributed by atoms with van der Waals surface area (Å²) >= 11 is 0. The van der Waals surface area contributed by atoms with Crippen LogP contribution in [0.1, 0.15) is 54.0 Å². The van der Waals surface area contributed by atoms with Crippen molar-refractivity contribution in [2.24, 2.45) is 4.99 Å². The standard InChI is InChI=1S/C22H36N4O5/c1-9-23-18(26-20(28)31-22(5,6)7)25-16-11-10-15(14-17(16)29-8)12-13-24-19(27)30-21(2,3)4/h10-11,14H,9,12-13H2,1-8H3,(H,24,27)(H2,23,25,26,28). The van der Waals surface area contributed by atoms with Crippen molar-refractivity contribution in [2.45, 2.75) is 66.1 Å². The van der Waals surface area contributed by atoms with Crippen LogP contribution in [0.25, 0.3) is 0 Å². The van der Waals surface area contributed by atoms with Crippen molar-refractivity contribution in [3.05, 3.63) is 23.8 Å². The molecule has 1 aromatic carbocycles. The zero-order valence-corrected chi connectivity index (χ0v) is 19.8. The maximum absolute atomic E-state index is 12.1. The Bertz CT molecular complexity index is 779. The first kappa shape index (κ1) is 26.1. The number of guanidine groups is 1. The lowest BCUT2D eigenvalue weighted by Gasteiger charge is -2.21. The van der Waals surface area contributed by atoms with E-state index >= 15 is 0 Å². The highest BCUT2D eigenvalue weighted by Crippen LogP contribution is 2.25. The van der Waals surface area contributed by atoms with Gasteiger partial charge in [-0.15, -0.1) is 0 Å². The van der Waals surface area contributed by atoms with Gasteiger partial charge in [0.25, 0.3) is 0 Å². The summed E-state index contributed by atoms with van der Waals surface area (Å²) < 4.78 is 16.0. The molecule has 9 heteroatoms. The Kier molecular flexibility index (Phi) is 9.61. The van der Waals surface area contributed by atoms with E-state index < -0.39 is 23.4 Å². The summed E-state index contributed by atoms with van der Waals surface area (Å²) in [5, 5.41) is 8.41. The first-order chi connectivity index (χ1) is 14.3. The van der Waals surface area contributed by atoms with Crippen LogP contribution in [0, 0.1) is 0 Å². The largest absolute Gasteiger partial charge is 0.495 e. The molecule has 0 unspecified atom stereocenters. The molecule has 174 valence electrons. The van der Waals surface area contributed by atoms with Gasteiger partial charge >= 0.3 is 12.2 Å². The molecule has 31 heavy (non-hydrogen) atoms. The summed E-state index contributed by atoms with van der Waals surface area (Å²) in [5.41, 5.74) is 0.446. The molecule has 3 N–H and O–H groups in total. The van der Waals surface area contributed by atoms with E-state index in [1.165, 1.54) is 0 Å². The third-order valence-corrected chi connectivity index (χ3v) is 3.54. The summed E-state index contributed by atoms with van der Waals surface area (Å²) in [6.45, 7) is 13.6. The number of carbonyl (C=O) groups is 2. The van der Waals surface area contributed by atoms with Crippen LogP contribution in [0.15, 0.2) is 23.2 Å². The number of aliphatic imine (C=N–C) groups is 1. The molecule has 0 radical (unpaired) electrons. The smallest absolute Gasteiger partial charge is 0.414 e. The predicted octanol–water partition coefficient (Wildman–Crippen LogP) is 4.07. The van der Waals surface area contributed by atoms with Gasteiger partial charge in [0.1, 0.15) is 17.0 Å². The Balaban J connectivity index is 2.77. The number of nitrogens with one attached hydrogen (secondary N) is 3. The Morgan fingerprint density at radius 3 is 2.16 bits per heavy atom. The van der Waals surface area contributed by atoms with E-state index in [0.29, 0.717) is 30.9 Å². The third kappa shape index (κ3) is 11.1. The van der Waals surface area contributed by atoms with Crippen molar-refractivity contribution < 1.29 is 23.8 Å². The summed E-state index contributed by atoms with van der Waals surface area (Å²) in [7, 11) is 1.56. The third-order valence-electron chi connectivity index (χ3n) is 3.54. The number of amides is 2. The Hall–Kier alpha value is -2.97. The van der Waals surface area contributed by atoms with E-state index in [-0.39, 0.29) is 5.96 Å². The number of carbonyl (C=O) groups excluding carboxylic acids is 2. The average molecular weight is 437 g/mol. The molecule has 0 spiro atoms. The molecular weight excluding hydrogens is 400 g/mol. The number of ether oxygens (including phenoxy) is 3. The van der Waals surface area contributed by atoms with E-state index in [1.807, 2.05) is 45.9 Å². The van der Waals surface area contributed by atoms with Gasteiger partial charge in [0.2, 0.25) is 5.96 Å². The molecule has 0 atom stereocenters. The number of nitrogens with zero attached hydrogens (tertiary/aromatic N) is 1. The molecule has 0 aliphatic rings. The highest BCUT2D eigenvalue weighted by molar-refractivity contribution is 6.03. The van der Waals surface area contributed by atoms with E-state index in [1.54, 1.807) is 27.9 Å². The van der Waals surface area contributed by atoms with Gasteiger partial charge in [0.15, 0.2) is 0 Å². The van der Waals surface area contributed by atoms with Crippen molar-refractivity contribution in [1.29, 1.82) is 0 Å². The van der Waals surface area contributed by atoms with Crippen LogP contribution in [-0.2, 0) is 15.9 Å². The molecule has 2 amide bonds. The van der Waals surface area contributed by atoms with Crippen molar-refractivity contribution in [3.63, 3.8) is 0 Å². The lowest BCUT2D eigenvalue weighted by molar-refractivity contribution is 0.0525. The summed E-state index contributed by atoms with van der Waals surface area (Å²) in [6.07, 6.45) is -0.454. The maximum atomic E-state index is 12.1. The van der Waals surface area contributed by atoms with Gasteiger partial charge in [-0.05, 0) is 72.6 Å². The fourth-order valence-corrected chi connectivity index (χ4v) is 2.41. The molecule has 0 saturated carbocycles.